The predicted octanol–water partition coefficient (Wildman–Crippen LogP) is 3.72. The van der Waals surface area contributed by atoms with Crippen molar-refractivity contribution in [2.45, 2.75) is 13.5 Å². The van der Waals surface area contributed by atoms with Gasteiger partial charge in [-0.3, -0.25) is 4.79 Å². The van der Waals surface area contributed by atoms with Crippen LogP contribution in [0.3, 0.4) is 0 Å². The molecule has 22 heavy (non-hydrogen) atoms. The Labute approximate surface area is 129 Å². The van der Waals surface area contributed by atoms with Gasteiger partial charge in [-0.25, -0.2) is 4.39 Å². The highest BCUT2D eigenvalue weighted by atomic mass is 19.1. The van der Waals surface area contributed by atoms with E-state index in [0.29, 0.717) is 16.9 Å². The largest absolute Gasteiger partial charge is 0.501 e. The minimum Gasteiger partial charge on any atom is -0.501 e. The zero-order chi connectivity index (χ0) is 16.5. The number of hydrogen-bond acceptors (Lipinski definition) is 3. The normalized spacial score (nSPS) is 12.5. The van der Waals surface area contributed by atoms with E-state index in [0.717, 1.165) is 6.07 Å². The van der Waals surface area contributed by atoms with Crippen LogP contribution in [0.15, 0.2) is 66.5 Å². The lowest BCUT2D eigenvalue weighted by Gasteiger charge is -2.04. The number of aliphatic hydroxyl groups is 1. The summed E-state index contributed by atoms with van der Waals surface area (Å²) < 4.78 is 18.3. The lowest BCUT2D eigenvalue weighted by atomic mass is 10.0. The minimum atomic E-state index is -0.521. The highest BCUT2D eigenvalue weighted by Crippen LogP contribution is 2.13. The summed E-state index contributed by atoms with van der Waals surface area (Å²) in [4.78, 5) is 12.1. The Morgan fingerprint density at radius 3 is 2.68 bits per heavy atom. The fourth-order valence-corrected chi connectivity index (χ4v) is 1.65. The molecule has 0 atom stereocenters. The summed E-state index contributed by atoms with van der Waals surface area (Å²) in [5.74, 6) is -0.192. The fraction of sp³-hybridized carbons (Fsp3) is 0.167. The third-order valence-corrected chi connectivity index (χ3v) is 3.00. The molecule has 0 saturated heterocycles. The van der Waals surface area contributed by atoms with Crippen LogP contribution in [0.2, 0.25) is 0 Å². The van der Waals surface area contributed by atoms with Crippen molar-refractivity contribution in [2.75, 3.05) is 7.11 Å². The second-order valence-corrected chi connectivity index (χ2v) is 4.51. The Hall–Kier alpha value is -2.46. The van der Waals surface area contributed by atoms with Gasteiger partial charge in [-0.1, -0.05) is 30.9 Å². The lowest BCUT2D eigenvalue weighted by molar-refractivity contribution is 0.104. The number of ether oxygens (including phenoxy) is 1. The van der Waals surface area contributed by atoms with Crippen LogP contribution in [-0.4, -0.2) is 18.0 Å². The number of hydrogen-bond donors (Lipinski definition) is 1. The molecular weight excluding hydrogens is 283 g/mol. The number of ketones is 1. The van der Waals surface area contributed by atoms with Crippen LogP contribution in [0.1, 0.15) is 22.8 Å². The summed E-state index contributed by atoms with van der Waals surface area (Å²) >= 11 is 0. The first-order valence-electron chi connectivity index (χ1n) is 6.68. The molecule has 0 aromatic heterocycles. The van der Waals surface area contributed by atoms with Crippen molar-refractivity contribution >= 4 is 5.78 Å². The summed E-state index contributed by atoms with van der Waals surface area (Å²) in [6.45, 7) is 5.14. The molecule has 3 nitrogen and oxygen atoms in total. The van der Waals surface area contributed by atoms with E-state index in [1.165, 1.54) is 18.2 Å². The molecule has 0 bridgehead atoms. The third kappa shape index (κ3) is 5.14. The van der Waals surface area contributed by atoms with E-state index in [1.54, 1.807) is 38.3 Å². The monoisotopic (exact) mass is 302 g/mol. The van der Waals surface area contributed by atoms with E-state index < -0.39 is 5.82 Å². The van der Waals surface area contributed by atoms with Crippen molar-refractivity contribution in [2.24, 2.45) is 0 Å². The van der Waals surface area contributed by atoms with Gasteiger partial charge in [0.05, 0.1) is 19.5 Å². The zero-order valence-electron chi connectivity index (χ0n) is 12.7. The average Bonchev–Trinajstić information content (AvgIpc) is 2.54. The summed E-state index contributed by atoms with van der Waals surface area (Å²) in [5, 5.41) is 9.21. The number of aliphatic hydroxyl groups excluding tert-OH is 1. The van der Waals surface area contributed by atoms with Crippen molar-refractivity contribution in [1.29, 1.82) is 0 Å². The highest BCUT2D eigenvalue weighted by molar-refractivity contribution is 6.05. The molecule has 0 aliphatic rings. The molecule has 0 radical (unpaired) electrons. The van der Waals surface area contributed by atoms with Gasteiger partial charge in [-0.15, -0.1) is 0 Å². The van der Waals surface area contributed by atoms with Gasteiger partial charge < -0.3 is 9.84 Å². The Kier molecular flexibility index (Phi) is 6.99. The summed E-state index contributed by atoms with van der Waals surface area (Å²) in [5.41, 5.74) is 1.23. The van der Waals surface area contributed by atoms with Gasteiger partial charge in [-0.05, 0) is 42.3 Å². The van der Waals surface area contributed by atoms with E-state index in [4.69, 9.17) is 4.74 Å². The number of methoxy groups -OCH3 is 1. The van der Waals surface area contributed by atoms with E-state index in [2.05, 4.69) is 6.58 Å². The number of carbonyl (C=O) groups excluding carboxylic acids is 1. The van der Waals surface area contributed by atoms with E-state index >= 15 is 0 Å². The first-order chi connectivity index (χ1) is 10.5. The molecule has 116 valence electrons. The van der Waals surface area contributed by atoms with Crippen molar-refractivity contribution in [3.05, 3.63) is 83.4 Å². The quantitative estimate of drug-likeness (QED) is 0.361. The van der Waals surface area contributed by atoms with Crippen molar-refractivity contribution in [3.63, 3.8) is 0 Å². The maximum Gasteiger partial charge on any atom is 0.186 e. The SMILES string of the molecule is C=CC(/C=C/C(=O)c1cc(F)ccc1CO)=C\C=C(/C)OC. The third-order valence-electron chi connectivity index (χ3n) is 3.00. The van der Waals surface area contributed by atoms with Gasteiger partial charge in [-0.2, -0.15) is 0 Å². The average molecular weight is 302 g/mol. The second-order valence-electron chi connectivity index (χ2n) is 4.51. The van der Waals surface area contributed by atoms with Gasteiger partial charge in [0.25, 0.3) is 0 Å². The van der Waals surface area contributed by atoms with Gasteiger partial charge in [0.1, 0.15) is 5.82 Å². The highest BCUT2D eigenvalue weighted by Gasteiger charge is 2.09. The molecule has 4 heteroatoms. The minimum absolute atomic E-state index is 0.144. The number of rotatable bonds is 7. The number of carbonyl (C=O) groups is 1. The van der Waals surface area contributed by atoms with Crippen LogP contribution < -0.4 is 0 Å². The van der Waals surface area contributed by atoms with Crippen LogP contribution >= 0.6 is 0 Å². The first-order valence-corrected chi connectivity index (χ1v) is 6.68. The Balaban J connectivity index is 3.00. The topological polar surface area (TPSA) is 46.5 Å². The van der Waals surface area contributed by atoms with E-state index in [-0.39, 0.29) is 18.0 Å². The van der Waals surface area contributed by atoms with Gasteiger partial charge >= 0.3 is 0 Å². The molecule has 0 fully saturated rings. The maximum absolute atomic E-state index is 13.3. The van der Waals surface area contributed by atoms with Crippen molar-refractivity contribution < 1.29 is 19.0 Å². The van der Waals surface area contributed by atoms with E-state index in [9.17, 15) is 14.3 Å². The Morgan fingerprint density at radius 1 is 1.36 bits per heavy atom. The Bertz CT molecular complexity index is 640. The van der Waals surface area contributed by atoms with Crippen molar-refractivity contribution in [1.82, 2.24) is 0 Å². The maximum atomic E-state index is 13.3. The van der Waals surface area contributed by atoms with Crippen LogP contribution in [-0.2, 0) is 11.3 Å². The van der Waals surface area contributed by atoms with Crippen LogP contribution in [0.4, 0.5) is 4.39 Å². The van der Waals surface area contributed by atoms with Crippen LogP contribution in [0.25, 0.3) is 0 Å². The standard InChI is InChI=1S/C18H19FO3/c1-4-14(6-5-13(2)22-3)7-10-18(21)17-11-16(19)9-8-15(17)12-20/h4-11,20H,1,12H2,2-3H3/b10-7+,13-5+,14-6+. The molecule has 0 saturated carbocycles. The van der Waals surface area contributed by atoms with Gasteiger partial charge in [0, 0.05) is 5.56 Å². The lowest BCUT2D eigenvalue weighted by Crippen LogP contribution is -2.02. The van der Waals surface area contributed by atoms with Gasteiger partial charge in [0.15, 0.2) is 5.78 Å². The van der Waals surface area contributed by atoms with Crippen molar-refractivity contribution in [3.8, 4) is 0 Å². The number of allylic oxidation sites excluding steroid dienone is 7. The molecule has 1 N–H and O–H groups in total. The molecular formula is C18H19FO3. The van der Waals surface area contributed by atoms with Gasteiger partial charge in [0.2, 0.25) is 0 Å². The second kappa shape index (κ2) is 8.74. The Morgan fingerprint density at radius 2 is 2.09 bits per heavy atom. The summed E-state index contributed by atoms with van der Waals surface area (Å²) in [6.07, 6.45) is 7.96. The number of halogens is 1. The molecule has 1 aromatic rings. The smallest absolute Gasteiger partial charge is 0.186 e. The molecule has 0 aliphatic carbocycles. The van der Waals surface area contributed by atoms with Crippen LogP contribution in [0.5, 0.6) is 0 Å². The molecule has 0 spiro atoms. The molecule has 0 amide bonds. The summed E-state index contributed by atoms with van der Waals surface area (Å²) in [6, 6.07) is 3.72. The summed E-state index contributed by atoms with van der Waals surface area (Å²) in [7, 11) is 1.56. The van der Waals surface area contributed by atoms with E-state index in [1.807, 2.05) is 0 Å². The molecule has 0 heterocycles. The fourth-order valence-electron chi connectivity index (χ4n) is 1.65. The molecule has 0 unspecified atom stereocenters. The molecule has 1 rings (SSSR count). The number of benzene rings is 1. The van der Waals surface area contributed by atoms with Crippen LogP contribution in [0, 0.1) is 5.82 Å². The molecule has 1 aromatic carbocycles. The predicted molar refractivity (Wildman–Crippen MR) is 84.8 cm³/mol. The molecule has 0 aliphatic heterocycles. The zero-order valence-corrected chi connectivity index (χ0v) is 12.7. The first kappa shape index (κ1) is 17.6.